The molecule has 1 fully saturated rings. The van der Waals surface area contributed by atoms with E-state index in [1.807, 2.05) is 0 Å². The van der Waals surface area contributed by atoms with Gasteiger partial charge in [0.1, 0.15) is 0 Å². The molecule has 1 saturated heterocycles. The SMILES string of the molecule is [N-]=[N+]=C1COC(=O)C(=O)O1. The van der Waals surface area contributed by atoms with Crippen LogP contribution in [0, 0.1) is 0 Å². The van der Waals surface area contributed by atoms with E-state index in [9.17, 15) is 9.59 Å². The van der Waals surface area contributed by atoms with Crippen molar-refractivity contribution in [3.05, 3.63) is 5.53 Å². The lowest BCUT2D eigenvalue weighted by Crippen LogP contribution is -2.33. The number of ether oxygens (including phenoxy) is 2. The highest BCUT2D eigenvalue weighted by Crippen LogP contribution is 1.93. The predicted octanol–water partition coefficient (Wildman–Crippen LogP) is -1.29. The molecular weight excluding hydrogens is 140 g/mol. The molecule has 1 heterocycles. The van der Waals surface area contributed by atoms with Crippen molar-refractivity contribution >= 4 is 17.8 Å². The molecule has 0 aromatic rings. The van der Waals surface area contributed by atoms with Crippen LogP contribution in [0.3, 0.4) is 0 Å². The lowest BCUT2D eigenvalue weighted by Gasteiger charge is -2.04. The van der Waals surface area contributed by atoms with E-state index in [0.717, 1.165) is 0 Å². The monoisotopic (exact) mass is 142 g/mol. The third kappa shape index (κ3) is 1.01. The maximum atomic E-state index is 10.3. The fraction of sp³-hybridized carbons (Fsp3) is 0.250. The molecule has 0 unspecified atom stereocenters. The summed E-state index contributed by atoms with van der Waals surface area (Å²) in [6, 6.07) is 0. The van der Waals surface area contributed by atoms with E-state index >= 15 is 0 Å². The molecule has 0 aliphatic carbocycles. The second-order valence-electron chi connectivity index (χ2n) is 1.46. The first-order chi connectivity index (χ1) is 4.74. The van der Waals surface area contributed by atoms with Crippen LogP contribution in [0.5, 0.6) is 0 Å². The molecule has 1 aliphatic heterocycles. The standard InChI is InChI=1S/C4H2N2O4/c5-6-2-1-9-3(7)4(8)10-2/h1H2. The minimum absolute atomic E-state index is 0.304. The van der Waals surface area contributed by atoms with Crippen LogP contribution in [-0.4, -0.2) is 29.2 Å². The minimum atomic E-state index is -1.17. The Hall–Kier alpha value is -1.68. The Morgan fingerprint density at radius 1 is 1.40 bits per heavy atom. The zero-order valence-electron chi connectivity index (χ0n) is 4.73. The Morgan fingerprint density at radius 2 is 2.10 bits per heavy atom. The van der Waals surface area contributed by atoms with Gasteiger partial charge in [0, 0.05) is 0 Å². The normalized spacial score (nSPS) is 17.4. The molecule has 6 heteroatoms. The van der Waals surface area contributed by atoms with Crippen molar-refractivity contribution in [1.82, 2.24) is 0 Å². The zero-order valence-corrected chi connectivity index (χ0v) is 4.73. The summed E-state index contributed by atoms with van der Waals surface area (Å²) in [7, 11) is 0. The average Bonchev–Trinajstić information content (AvgIpc) is 1.95. The van der Waals surface area contributed by atoms with Crippen LogP contribution in [0.2, 0.25) is 0 Å². The molecule has 0 N–H and O–H groups in total. The van der Waals surface area contributed by atoms with Gasteiger partial charge in [-0.1, -0.05) is 0 Å². The third-order valence-corrected chi connectivity index (χ3v) is 0.815. The maximum Gasteiger partial charge on any atom is 0.495 e. The summed E-state index contributed by atoms with van der Waals surface area (Å²) < 4.78 is 8.32. The van der Waals surface area contributed by atoms with E-state index in [1.165, 1.54) is 0 Å². The number of cyclic esters (lactones) is 2. The Bertz CT molecular complexity index is 240. The van der Waals surface area contributed by atoms with Crippen LogP contribution in [0.4, 0.5) is 0 Å². The molecule has 0 radical (unpaired) electrons. The van der Waals surface area contributed by atoms with E-state index in [-0.39, 0.29) is 12.5 Å². The molecule has 0 saturated carbocycles. The van der Waals surface area contributed by atoms with Crippen molar-refractivity contribution in [3.63, 3.8) is 0 Å². The van der Waals surface area contributed by atoms with Gasteiger partial charge >= 0.3 is 17.8 Å². The van der Waals surface area contributed by atoms with Gasteiger partial charge in [-0.25, -0.2) is 9.59 Å². The van der Waals surface area contributed by atoms with Crippen molar-refractivity contribution < 1.29 is 23.9 Å². The summed E-state index contributed by atoms with van der Waals surface area (Å²) in [5.41, 5.74) is 8.01. The Morgan fingerprint density at radius 3 is 2.60 bits per heavy atom. The summed E-state index contributed by atoms with van der Waals surface area (Å²) in [5.74, 6) is -2.56. The summed E-state index contributed by atoms with van der Waals surface area (Å²) in [6.07, 6.45) is 0. The van der Waals surface area contributed by atoms with Crippen molar-refractivity contribution in [2.45, 2.75) is 0 Å². The van der Waals surface area contributed by atoms with Gasteiger partial charge in [0.25, 0.3) is 0 Å². The maximum absolute atomic E-state index is 10.3. The zero-order chi connectivity index (χ0) is 7.56. The molecule has 0 aromatic carbocycles. The summed E-state index contributed by atoms with van der Waals surface area (Å²) in [6.45, 7) is -0.304. The second kappa shape index (κ2) is 2.28. The van der Waals surface area contributed by atoms with Crippen LogP contribution in [-0.2, 0) is 19.1 Å². The molecule has 1 aliphatic rings. The highest BCUT2D eigenvalue weighted by Gasteiger charge is 2.31. The van der Waals surface area contributed by atoms with Crippen molar-refractivity contribution in [1.29, 1.82) is 0 Å². The van der Waals surface area contributed by atoms with Gasteiger partial charge in [0.2, 0.25) is 6.61 Å². The van der Waals surface area contributed by atoms with Crippen LogP contribution in [0.15, 0.2) is 0 Å². The molecule has 0 bridgehead atoms. The van der Waals surface area contributed by atoms with Gasteiger partial charge in [-0.2, -0.15) is 0 Å². The number of rotatable bonds is 0. The first kappa shape index (κ1) is 6.44. The fourth-order valence-electron chi connectivity index (χ4n) is 0.414. The second-order valence-corrected chi connectivity index (χ2v) is 1.46. The van der Waals surface area contributed by atoms with E-state index in [4.69, 9.17) is 5.53 Å². The summed E-state index contributed by atoms with van der Waals surface area (Å²) in [5, 5.41) is 0. The van der Waals surface area contributed by atoms with Crippen LogP contribution < -0.4 is 0 Å². The molecule has 0 atom stereocenters. The lowest BCUT2D eigenvalue weighted by molar-refractivity contribution is -0.172. The van der Waals surface area contributed by atoms with Crippen molar-refractivity contribution in [2.24, 2.45) is 0 Å². The van der Waals surface area contributed by atoms with Gasteiger partial charge in [0.15, 0.2) is 0 Å². The number of hydrogen-bond acceptors (Lipinski definition) is 4. The van der Waals surface area contributed by atoms with Gasteiger partial charge in [-0.05, 0) is 0 Å². The van der Waals surface area contributed by atoms with Gasteiger partial charge < -0.3 is 15.0 Å². The van der Waals surface area contributed by atoms with Crippen molar-refractivity contribution in [3.8, 4) is 0 Å². The van der Waals surface area contributed by atoms with E-state index < -0.39 is 11.9 Å². The highest BCUT2D eigenvalue weighted by molar-refractivity contribution is 6.33. The van der Waals surface area contributed by atoms with Crippen LogP contribution in [0.25, 0.3) is 5.53 Å². The molecule has 0 amide bonds. The van der Waals surface area contributed by atoms with E-state index in [1.54, 1.807) is 0 Å². The Labute approximate surface area is 55.0 Å². The summed E-state index contributed by atoms with van der Waals surface area (Å²) >= 11 is 0. The first-order valence-corrected chi connectivity index (χ1v) is 2.34. The average molecular weight is 142 g/mol. The molecule has 6 nitrogen and oxygen atoms in total. The fourth-order valence-corrected chi connectivity index (χ4v) is 0.414. The van der Waals surface area contributed by atoms with E-state index in [0.29, 0.717) is 0 Å². The number of carbonyl (C=O) groups is 2. The first-order valence-electron chi connectivity index (χ1n) is 2.34. The van der Waals surface area contributed by atoms with Crippen LogP contribution in [0.1, 0.15) is 0 Å². The van der Waals surface area contributed by atoms with Gasteiger partial charge in [-0.3, -0.25) is 0 Å². The minimum Gasteiger partial charge on any atom is -0.441 e. The molecule has 52 valence electrons. The number of carbonyl (C=O) groups excluding carboxylic acids is 2. The van der Waals surface area contributed by atoms with E-state index in [2.05, 4.69) is 14.3 Å². The molecular formula is C4H2N2O4. The molecule has 10 heavy (non-hydrogen) atoms. The lowest BCUT2D eigenvalue weighted by atomic mass is 10.6. The topological polar surface area (TPSA) is 89.0 Å². The van der Waals surface area contributed by atoms with Gasteiger partial charge in [-0.15, -0.1) is 4.79 Å². The number of esters is 2. The third-order valence-electron chi connectivity index (χ3n) is 0.815. The Kier molecular flexibility index (Phi) is 1.47. The number of hydrogen-bond donors (Lipinski definition) is 0. The summed E-state index contributed by atoms with van der Waals surface area (Å²) in [4.78, 5) is 23.0. The largest absolute Gasteiger partial charge is 0.495 e. The molecule has 1 rings (SSSR count). The molecule has 0 spiro atoms. The smallest absolute Gasteiger partial charge is 0.441 e. The van der Waals surface area contributed by atoms with Crippen molar-refractivity contribution in [2.75, 3.05) is 6.61 Å². The van der Waals surface area contributed by atoms with Crippen LogP contribution >= 0.6 is 0 Å². The Balaban J connectivity index is 2.75. The number of nitrogens with zero attached hydrogens (tertiary/aromatic N) is 2. The quantitative estimate of drug-likeness (QED) is 0.182. The van der Waals surface area contributed by atoms with Gasteiger partial charge in [0.05, 0.1) is 0 Å². The predicted molar refractivity (Wildman–Crippen MR) is 25.7 cm³/mol. The highest BCUT2D eigenvalue weighted by atomic mass is 16.6. The molecule has 0 aromatic heterocycles.